The number of aryl methyl sites for hydroxylation is 1. The van der Waals surface area contributed by atoms with Crippen LogP contribution in [0.15, 0.2) is 10.5 Å². The molecule has 0 spiro atoms. The maximum atomic E-state index is 12.3. The summed E-state index contributed by atoms with van der Waals surface area (Å²) in [5.74, 6) is -3.01. The Balaban J connectivity index is 3.13. The molecule has 0 amide bonds. The van der Waals surface area contributed by atoms with Gasteiger partial charge in [-0.3, -0.25) is 0 Å². The molecule has 0 unspecified atom stereocenters. The third-order valence-corrected chi connectivity index (χ3v) is 1.07. The van der Waals surface area contributed by atoms with Gasteiger partial charge in [0.1, 0.15) is 5.76 Å². The SMILES string of the molecule is Cc1cc(F)c(C(F)(F)F)o1. The Labute approximate surface area is 59.6 Å². The molecule has 11 heavy (non-hydrogen) atoms. The fourth-order valence-electron chi connectivity index (χ4n) is 0.676. The molecule has 5 heteroatoms. The Hall–Kier alpha value is -1.00. The van der Waals surface area contributed by atoms with E-state index in [9.17, 15) is 17.6 Å². The third kappa shape index (κ3) is 1.53. The summed E-state index contributed by atoms with van der Waals surface area (Å²) >= 11 is 0. The average molecular weight is 168 g/mol. The molecule has 1 heterocycles. The van der Waals surface area contributed by atoms with E-state index in [4.69, 9.17) is 0 Å². The minimum Gasteiger partial charge on any atom is -0.454 e. The highest BCUT2D eigenvalue weighted by molar-refractivity contribution is 5.11. The van der Waals surface area contributed by atoms with Gasteiger partial charge in [0.2, 0.25) is 5.76 Å². The molecule has 0 N–H and O–H groups in total. The van der Waals surface area contributed by atoms with Crippen LogP contribution in [0.4, 0.5) is 17.6 Å². The highest BCUT2D eigenvalue weighted by Crippen LogP contribution is 2.32. The lowest BCUT2D eigenvalue weighted by molar-refractivity contribution is -0.156. The molecule has 0 atom stereocenters. The van der Waals surface area contributed by atoms with Gasteiger partial charge in [-0.25, -0.2) is 4.39 Å². The van der Waals surface area contributed by atoms with Crippen LogP contribution in [0.25, 0.3) is 0 Å². The molecule has 1 rings (SSSR count). The van der Waals surface area contributed by atoms with Crippen molar-refractivity contribution >= 4 is 0 Å². The van der Waals surface area contributed by atoms with Gasteiger partial charge in [0.25, 0.3) is 0 Å². The van der Waals surface area contributed by atoms with Crippen molar-refractivity contribution in [3.8, 4) is 0 Å². The van der Waals surface area contributed by atoms with Gasteiger partial charge in [-0.15, -0.1) is 0 Å². The fourth-order valence-corrected chi connectivity index (χ4v) is 0.676. The summed E-state index contributed by atoms with van der Waals surface area (Å²) in [7, 11) is 0. The van der Waals surface area contributed by atoms with Crippen LogP contribution in [0.5, 0.6) is 0 Å². The van der Waals surface area contributed by atoms with Crippen LogP contribution < -0.4 is 0 Å². The molecule has 0 aromatic carbocycles. The molecule has 0 saturated heterocycles. The van der Waals surface area contributed by atoms with E-state index >= 15 is 0 Å². The maximum Gasteiger partial charge on any atom is 0.452 e. The summed E-state index contributed by atoms with van der Waals surface area (Å²) in [6.45, 7) is 1.25. The number of hydrogen-bond donors (Lipinski definition) is 0. The summed E-state index contributed by atoms with van der Waals surface area (Å²) in [4.78, 5) is 0. The van der Waals surface area contributed by atoms with E-state index in [-0.39, 0.29) is 5.76 Å². The van der Waals surface area contributed by atoms with E-state index < -0.39 is 17.8 Å². The van der Waals surface area contributed by atoms with Crippen molar-refractivity contribution in [1.82, 2.24) is 0 Å². The van der Waals surface area contributed by atoms with Gasteiger partial charge in [0.05, 0.1) is 0 Å². The fraction of sp³-hybridized carbons (Fsp3) is 0.333. The monoisotopic (exact) mass is 168 g/mol. The largest absolute Gasteiger partial charge is 0.454 e. The topological polar surface area (TPSA) is 13.1 Å². The van der Waals surface area contributed by atoms with Crippen molar-refractivity contribution in [1.29, 1.82) is 0 Å². The molecule has 1 aromatic heterocycles. The van der Waals surface area contributed by atoms with Crippen LogP contribution in [-0.2, 0) is 6.18 Å². The zero-order chi connectivity index (χ0) is 8.65. The van der Waals surface area contributed by atoms with Crippen LogP contribution in [-0.4, -0.2) is 0 Å². The van der Waals surface area contributed by atoms with Crippen LogP contribution in [0.3, 0.4) is 0 Å². The second kappa shape index (κ2) is 2.25. The Kier molecular flexibility index (Phi) is 1.66. The summed E-state index contributed by atoms with van der Waals surface area (Å²) in [6, 6.07) is 0.697. The third-order valence-electron chi connectivity index (χ3n) is 1.07. The van der Waals surface area contributed by atoms with E-state index in [1.807, 2.05) is 0 Å². The highest BCUT2D eigenvalue weighted by Gasteiger charge is 2.38. The Morgan fingerprint density at radius 2 is 1.91 bits per heavy atom. The van der Waals surface area contributed by atoms with Gasteiger partial charge in [-0.2, -0.15) is 13.2 Å². The van der Waals surface area contributed by atoms with Crippen molar-refractivity contribution in [3.05, 3.63) is 23.4 Å². The summed E-state index contributed by atoms with van der Waals surface area (Å²) < 4.78 is 51.6. The zero-order valence-electron chi connectivity index (χ0n) is 5.50. The van der Waals surface area contributed by atoms with E-state index in [1.165, 1.54) is 6.92 Å². The first-order valence-electron chi connectivity index (χ1n) is 2.74. The molecule has 0 aliphatic carbocycles. The Bertz CT molecular complexity index is 260. The van der Waals surface area contributed by atoms with Crippen molar-refractivity contribution in [2.75, 3.05) is 0 Å². The van der Waals surface area contributed by atoms with Gasteiger partial charge in [-0.1, -0.05) is 0 Å². The highest BCUT2D eigenvalue weighted by atomic mass is 19.4. The van der Waals surface area contributed by atoms with Crippen molar-refractivity contribution in [2.45, 2.75) is 13.1 Å². The van der Waals surface area contributed by atoms with Crippen LogP contribution >= 0.6 is 0 Å². The summed E-state index contributed by atoms with van der Waals surface area (Å²) in [5, 5.41) is 0. The second-order valence-electron chi connectivity index (χ2n) is 2.03. The molecule has 0 aliphatic rings. The van der Waals surface area contributed by atoms with Gasteiger partial charge in [0.15, 0.2) is 5.82 Å². The lowest BCUT2D eigenvalue weighted by atomic mass is 10.4. The van der Waals surface area contributed by atoms with E-state index in [0.717, 1.165) is 0 Å². The van der Waals surface area contributed by atoms with Gasteiger partial charge >= 0.3 is 6.18 Å². The molecule has 0 aliphatic heterocycles. The quantitative estimate of drug-likeness (QED) is 0.543. The smallest absolute Gasteiger partial charge is 0.452 e. The van der Waals surface area contributed by atoms with Gasteiger partial charge in [0, 0.05) is 6.07 Å². The molecule has 0 saturated carbocycles. The zero-order valence-corrected chi connectivity index (χ0v) is 5.50. The first-order chi connectivity index (χ1) is 4.91. The Morgan fingerprint density at radius 3 is 2.09 bits per heavy atom. The summed E-state index contributed by atoms with van der Waals surface area (Å²) in [5.41, 5.74) is 0. The molecule has 62 valence electrons. The molecule has 0 radical (unpaired) electrons. The van der Waals surface area contributed by atoms with E-state index in [2.05, 4.69) is 4.42 Å². The first-order valence-corrected chi connectivity index (χ1v) is 2.74. The van der Waals surface area contributed by atoms with Crippen molar-refractivity contribution in [3.63, 3.8) is 0 Å². The normalized spacial score (nSPS) is 12.1. The molecule has 0 bridgehead atoms. The minimum absolute atomic E-state index is 0.0881. The minimum atomic E-state index is -4.74. The number of halogens is 4. The van der Waals surface area contributed by atoms with Gasteiger partial charge in [-0.05, 0) is 6.92 Å². The van der Waals surface area contributed by atoms with Crippen LogP contribution in [0.2, 0.25) is 0 Å². The lowest BCUT2D eigenvalue weighted by Crippen LogP contribution is -2.04. The standard InChI is InChI=1S/C6H4F4O/c1-3-2-4(7)5(11-3)6(8,9)10/h2H,1H3. The number of alkyl halides is 3. The van der Waals surface area contributed by atoms with Crippen LogP contribution in [0, 0.1) is 12.7 Å². The summed E-state index contributed by atoms with van der Waals surface area (Å²) in [6.07, 6.45) is -4.74. The average Bonchev–Trinajstić information content (AvgIpc) is 2.08. The molecular formula is C6H4F4O. The molecular weight excluding hydrogens is 164 g/mol. The number of furan rings is 1. The van der Waals surface area contributed by atoms with E-state index in [0.29, 0.717) is 6.07 Å². The van der Waals surface area contributed by atoms with E-state index in [1.54, 1.807) is 0 Å². The number of rotatable bonds is 0. The maximum absolute atomic E-state index is 12.3. The predicted molar refractivity (Wildman–Crippen MR) is 28.4 cm³/mol. The molecule has 0 fully saturated rings. The first kappa shape index (κ1) is 8.10. The Morgan fingerprint density at radius 1 is 1.36 bits per heavy atom. The second-order valence-corrected chi connectivity index (χ2v) is 2.03. The van der Waals surface area contributed by atoms with Gasteiger partial charge < -0.3 is 4.42 Å². The van der Waals surface area contributed by atoms with Crippen molar-refractivity contribution in [2.24, 2.45) is 0 Å². The molecule has 1 nitrogen and oxygen atoms in total. The number of hydrogen-bond acceptors (Lipinski definition) is 1. The predicted octanol–water partition coefficient (Wildman–Crippen LogP) is 2.75. The molecule has 1 aromatic rings. The van der Waals surface area contributed by atoms with Crippen molar-refractivity contribution < 1.29 is 22.0 Å². The lowest BCUT2D eigenvalue weighted by Gasteiger charge is -2.00. The van der Waals surface area contributed by atoms with Crippen LogP contribution in [0.1, 0.15) is 11.5 Å².